The highest BCUT2D eigenvalue weighted by Gasteiger charge is 2.19. The van der Waals surface area contributed by atoms with E-state index in [2.05, 4.69) is 15.9 Å². The van der Waals surface area contributed by atoms with Crippen LogP contribution in [0.3, 0.4) is 0 Å². The number of carbonyl (C=O) groups is 1. The third-order valence-electron chi connectivity index (χ3n) is 4.88. The van der Waals surface area contributed by atoms with Crippen molar-refractivity contribution in [1.29, 1.82) is 0 Å². The van der Waals surface area contributed by atoms with E-state index in [1.165, 1.54) is 57.9 Å². The van der Waals surface area contributed by atoms with Gasteiger partial charge in [-0.05, 0) is 52.3 Å². The molecule has 0 fully saturated rings. The molecule has 0 amide bonds. The monoisotopic (exact) mass is 526 g/mol. The Morgan fingerprint density at radius 1 is 0.853 bits per heavy atom. The molecule has 0 spiro atoms. The van der Waals surface area contributed by atoms with Crippen LogP contribution in [0.1, 0.15) is 10.4 Å². The van der Waals surface area contributed by atoms with Gasteiger partial charge in [0.25, 0.3) is 0 Å². The van der Waals surface area contributed by atoms with E-state index >= 15 is 0 Å². The Morgan fingerprint density at radius 3 is 2.21 bits per heavy atom. The predicted octanol–water partition coefficient (Wildman–Crippen LogP) is 5.59. The predicted molar refractivity (Wildman–Crippen MR) is 128 cm³/mol. The Bertz CT molecular complexity index is 1400. The molecule has 0 aliphatic heterocycles. The Kier molecular flexibility index (Phi) is 6.74. The summed E-state index contributed by atoms with van der Waals surface area (Å²) in [5, 5.41) is 0.275. The number of hydrogen-bond donors (Lipinski definition) is 0. The van der Waals surface area contributed by atoms with Crippen LogP contribution in [-0.4, -0.2) is 27.3 Å². The molecule has 0 saturated carbocycles. The van der Waals surface area contributed by atoms with Gasteiger partial charge in [0.2, 0.25) is 16.9 Å². The fraction of sp³-hybridized carbons (Fsp3) is 0.120. The zero-order valence-electron chi connectivity index (χ0n) is 18.4. The summed E-state index contributed by atoms with van der Waals surface area (Å²) < 4.78 is 33.3. The van der Waals surface area contributed by atoms with E-state index in [0.29, 0.717) is 27.5 Å². The van der Waals surface area contributed by atoms with Gasteiger partial charge in [0.1, 0.15) is 23.3 Å². The van der Waals surface area contributed by atoms with Gasteiger partial charge in [0, 0.05) is 6.07 Å². The van der Waals surface area contributed by atoms with Crippen LogP contribution in [0.15, 0.2) is 74.5 Å². The molecule has 0 unspecified atom stereocenters. The maximum Gasteiger partial charge on any atom is 0.343 e. The summed E-state index contributed by atoms with van der Waals surface area (Å²) in [7, 11) is 4.37. The highest BCUT2D eigenvalue weighted by atomic mass is 79.9. The average Bonchev–Trinajstić information content (AvgIpc) is 2.85. The van der Waals surface area contributed by atoms with Crippen molar-refractivity contribution in [3.05, 3.63) is 81.1 Å². The number of hydrogen-bond acceptors (Lipinski definition) is 8. The van der Waals surface area contributed by atoms with Crippen LogP contribution in [0.25, 0.3) is 11.0 Å². The van der Waals surface area contributed by atoms with Gasteiger partial charge in [-0.15, -0.1) is 0 Å². The zero-order chi connectivity index (χ0) is 24.2. The highest BCUT2D eigenvalue weighted by molar-refractivity contribution is 9.10. The topological polar surface area (TPSA) is 93.4 Å². The van der Waals surface area contributed by atoms with Gasteiger partial charge in [-0.2, -0.15) is 0 Å². The Hall–Kier alpha value is -3.98. The molecular weight excluding hydrogens is 508 g/mol. The molecule has 0 bridgehead atoms. The molecule has 0 saturated heterocycles. The van der Waals surface area contributed by atoms with Crippen molar-refractivity contribution in [3.63, 3.8) is 0 Å². The number of ether oxygens (including phenoxy) is 5. The second kappa shape index (κ2) is 9.88. The normalized spacial score (nSPS) is 10.6. The summed E-state index contributed by atoms with van der Waals surface area (Å²) in [5.74, 6) is 1.02. The quantitative estimate of drug-likeness (QED) is 0.227. The smallest absolute Gasteiger partial charge is 0.343 e. The molecule has 174 valence electrons. The third kappa shape index (κ3) is 4.55. The van der Waals surface area contributed by atoms with Crippen molar-refractivity contribution >= 4 is 32.9 Å². The average molecular weight is 527 g/mol. The van der Waals surface area contributed by atoms with Crippen molar-refractivity contribution in [2.75, 3.05) is 21.3 Å². The molecule has 4 aromatic rings. The lowest BCUT2D eigenvalue weighted by Gasteiger charge is -2.13. The summed E-state index contributed by atoms with van der Waals surface area (Å²) in [6, 6.07) is 14.6. The number of carbonyl (C=O) groups excluding carboxylic acids is 1. The van der Waals surface area contributed by atoms with E-state index in [-0.39, 0.29) is 33.5 Å². The molecule has 1 heterocycles. The van der Waals surface area contributed by atoms with Gasteiger partial charge in [-0.1, -0.05) is 12.1 Å². The Balaban J connectivity index is 1.61. The van der Waals surface area contributed by atoms with Gasteiger partial charge >= 0.3 is 5.97 Å². The van der Waals surface area contributed by atoms with Crippen molar-refractivity contribution in [2.24, 2.45) is 0 Å². The van der Waals surface area contributed by atoms with Crippen LogP contribution in [0.4, 0.5) is 0 Å². The number of halogens is 1. The zero-order valence-corrected chi connectivity index (χ0v) is 20.0. The van der Waals surface area contributed by atoms with E-state index in [1.807, 2.05) is 6.07 Å². The molecule has 0 N–H and O–H groups in total. The number of para-hydroxylation sites is 1. The first-order valence-electron chi connectivity index (χ1n) is 9.95. The van der Waals surface area contributed by atoms with Crippen LogP contribution in [0.5, 0.6) is 34.5 Å². The number of fused-ring (bicyclic) bond motifs is 1. The summed E-state index contributed by atoms with van der Waals surface area (Å²) in [5.41, 5.74) is 0.0624. The maximum absolute atomic E-state index is 12.9. The van der Waals surface area contributed by atoms with Gasteiger partial charge in [-0.25, -0.2) is 4.79 Å². The van der Waals surface area contributed by atoms with Crippen molar-refractivity contribution in [1.82, 2.24) is 0 Å². The van der Waals surface area contributed by atoms with Crippen LogP contribution >= 0.6 is 15.9 Å². The minimum atomic E-state index is -0.658. The third-order valence-corrected chi connectivity index (χ3v) is 5.54. The van der Waals surface area contributed by atoms with Crippen molar-refractivity contribution in [2.45, 2.75) is 0 Å². The summed E-state index contributed by atoms with van der Waals surface area (Å²) in [4.78, 5) is 25.6. The molecule has 0 atom stereocenters. The van der Waals surface area contributed by atoms with E-state index in [9.17, 15) is 9.59 Å². The Morgan fingerprint density at radius 2 is 1.56 bits per heavy atom. The van der Waals surface area contributed by atoms with Crippen molar-refractivity contribution in [3.8, 4) is 34.5 Å². The lowest BCUT2D eigenvalue weighted by atomic mass is 10.1. The summed E-state index contributed by atoms with van der Waals surface area (Å²) >= 11 is 3.38. The minimum Gasteiger partial charge on any atom is -0.493 e. The fourth-order valence-electron chi connectivity index (χ4n) is 3.24. The summed E-state index contributed by atoms with van der Waals surface area (Å²) in [6.45, 7) is 0. The highest BCUT2D eigenvalue weighted by Crippen LogP contribution is 2.38. The largest absolute Gasteiger partial charge is 0.493 e. The van der Waals surface area contributed by atoms with E-state index in [4.69, 9.17) is 28.1 Å². The number of esters is 1. The van der Waals surface area contributed by atoms with E-state index in [0.717, 1.165) is 0 Å². The molecular formula is C25H19BrO8. The van der Waals surface area contributed by atoms with Crippen LogP contribution in [0, 0.1) is 0 Å². The molecule has 8 nitrogen and oxygen atoms in total. The van der Waals surface area contributed by atoms with Crippen molar-refractivity contribution < 1.29 is 32.9 Å². The second-order valence-electron chi connectivity index (χ2n) is 6.92. The van der Waals surface area contributed by atoms with Gasteiger partial charge < -0.3 is 28.1 Å². The molecule has 0 aliphatic rings. The molecule has 34 heavy (non-hydrogen) atoms. The Labute approximate surface area is 202 Å². The standard InChI is InChI=1S/C25H19BrO8/c1-29-20-10-14(11-21(30-2)24(20)31-3)25(28)33-15-8-9-16-19(12-15)32-13-22(23(16)27)34-18-7-5-4-6-17(18)26/h4-13H,1-3H3. The molecule has 1 aromatic heterocycles. The molecule has 0 radical (unpaired) electrons. The molecule has 0 aliphatic carbocycles. The molecule has 3 aromatic carbocycles. The molecule has 9 heteroatoms. The maximum atomic E-state index is 12.9. The number of methoxy groups -OCH3 is 3. The van der Waals surface area contributed by atoms with Crippen LogP contribution in [-0.2, 0) is 0 Å². The first-order valence-corrected chi connectivity index (χ1v) is 10.7. The first-order chi connectivity index (χ1) is 16.4. The lowest BCUT2D eigenvalue weighted by molar-refractivity contribution is 0.0734. The van der Waals surface area contributed by atoms with E-state index in [1.54, 1.807) is 18.2 Å². The fourth-order valence-corrected chi connectivity index (χ4v) is 3.60. The SMILES string of the molecule is COc1cc(C(=O)Oc2ccc3c(=O)c(Oc4ccccc4Br)coc3c2)cc(OC)c1OC. The van der Waals surface area contributed by atoms with Gasteiger partial charge in [0.15, 0.2) is 11.5 Å². The first kappa shape index (κ1) is 23.2. The van der Waals surface area contributed by atoms with Gasteiger partial charge in [0.05, 0.1) is 36.8 Å². The molecule has 4 rings (SSSR count). The number of rotatable bonds is 7. The summed E-state index contributed by atoms with van der Waals surface area (Å²) in [6.07, 6.45) is 1.22. The lowest BCUT2D eigenvalue weighted by Crippen LogP contribution is -2.10. The second-order valence-corrected chi connectivity index (χ2v) is 7.78. The van der Waals surface area contributed by atoms with Crippen LogP contribution < -0.4 is 29.1 Å². The minimum absolute atomic E-state index is 0.0292. The van der Waals surface area contributed by atoms with Gasteiger partial charge in [-0.3, -0.25) is 4.79 Å². The van der Waals surface area contributed by atoms with E-state index < -0.39 is 5.97 Å². The van der Waals surface area contributed by atoms with Crippen LogP contribution in [0.2, 0.25) is 0 Å². The number of benzene rings is 3.